The normalized spacial score (nSPS) is 26.7. The van der Waals surface area contributed by atoms with Crippen molar-refractivity contribution in [2.75, 3.05) is 26.0 Å². The third-order valence-electron chi connectivity index (χ3n) is 4.64. The largest absolute Gasteiger partial charge is 0.497 e. The van der Waals surface area contributed by atoms with Crippen LogP contribution in [0.1, 0.15) is 24.8 Å². The molecule has 2 aliphatic heterocycles. The van der Waals surface area contributed by atoms with Crippen LogP contribution in [-0.2, 0) is 21.2 Å². The Labute approximate surface area is 132 Å². The molecule has 0 aromatic heterocycles. The molecule has 22 heavy (non-hydrogen) atoms. The number of sulfonamides is 1. The van der Waals surface area contributed by atoms with Gasteiger partial charge in [0, 0.05) is 6.54 Å². The van der Waals surface area contributed by atoms with Crippen molar-refractivity contribution in [1.29, 1.82) is 0 Å². The Balaban J connectivity index is 1.44. The van der Waals surface area contributed by atoms with Gasteiger partial charge in [-0.15, -0.1) is 0 Å². The molecule has 2 saturated heterocycles. The summed E-state index contributed by atoms with van der Waals surface area (Å²) in [6.07, 6.45) is 3.45. The molecule has 4 rings (SSSR count). The fourth-order valence-electron chi connectivity index (χ4n) is 3.39. The number of benzene rings is 1. The van der Waals surface area contributed by atoms with Gasteiger partial charge in [-0.1, -0.05) is 12.1 Å². The summed E-state index contributed by atoms with van der Waals surface area (Å²) in [5, 5.41) is 0. The highest BCUT2D eigenvalue weighted by Gasteiger charge is 2.51. The van der Waals surface area contributed by atoms with E-state index in [1.54, 1.807) is 7.11 Å². The molecule has 3 aliphatic rings. The molecular weight excluding hydrogens is 302 g/mol. The molecule has 1 aromatic carbocycles. The van der Waals surface area contributed by atoms with Crippen molar-refractivity contribution in [3.8, 4) is 5.75 Å². The van der Waals surface area contributed by atoms with Crippen LogP contribution in [0.5, 0.6) is 5.75 Å². The summed E-state index contributed by atoms with van der Waals surface area (Å²) in [5.74, 6) is 1.56. The van der Waals surface area contributed by atoms with Crippen molar-refractivity contribution in [3.63, 3.8) is 0 Å². The Morgan fingerprint density at radius 3 is 2.91 bits per heavy atom. The fourth-order valence-corrected chi connectivity index (χ4v) is 4.45. The van der Waals surface area contributed by atoms with Gasteiger partial charge in [-0.25, -0.2) is 13.1 Å². The summed E-state index contributed by atoms with van der Waals surface area (Å²) in [5.41, 5.74) is 0.935. The van der Waals surface area contributed by atoms with Gasteiger partial charge < -0.3 is 9.47 Å². The fraction of sp³-hybridized carbons (Fsp3) is 0.625. The first-order chi connectivity index (χ1) is 10.5. The van der Waals surface area contributed by atoms with Crippen LogP contribution in [0.4, 0.5) is 0 Å². The van der Waals surface area contributed by atoms with Crippen LogP contribution in [0, 0.1) is 5.92 Å². The second-order valence-electron chi connectivity index (χ2n) is 6.33. The molecule has 2 bridgehead atoms. The molecule has 0 spiro atoms. The van der Waals surface area contributed by atoms with E-state index in [2.05, 4.69) is 4.72 Å². The van der Waals surface area contributed by atoms with E-state index in [0.717, 1.165) is 37.2 Å². The Morgan fingerprint density at radius 1 is 1.41 bits per heavy atom. The summed E-state index contributed by atoms with van der Waals surface area (Å²) in [6, 6.07) is 7.51. The highest BCUT2D eigenvalue weighted by molar-refractivity contribution is 7.89. The summed E-state index contributed by atoms with van der Waals surface area (Å²) in [7, 11) is -1.64. The van der Waals surface area contributed by atoms with E-state index in [9.17, 15) is 8.42 Å². The molecule has 5 nitrogen and oxygen atoms in total. The number of methoxy groups -OCH3 is 1. The average Bonchev–Trinajstić information content (AvgIpc) is 3.06. The maximum Gasteiger partial charge on any atom is 0.211 e. The topological polar surface area (TPSA) is 64.6 Å². The molecule has 1 aromatic rings. The van der Waals surface area contributed by atoms with E-state index in [4.69, 9.17) is 9.47 Å². The quantitative estimate of drug-likeness (QED) is 0.790. The van der Waals surface area contributed by atoms with Gasteiger partial charge in [0.25, 0.3) is 0 Å². The lowest BCUT2D eigenvalue weighted by Crippen LogP contribution is -2.40. The zero-order valence-corrected chi connectivity index (χ0v) is 13.7. The second kappa shape index (κ2) is 6.18. The molecule has 0 unspecified atom stereocenters. The Bertz CT molecular complexity index is 617. The van der Waals surface area contributed by atoms with Crippen LogP contribution < -0.4 is 9.46 Å². The standard InChI is InChI=1S/C16H23NO4S/c1-20-15-4-2-3-13(9-15)5-8-22(18,19)17-7-6-16-10-14(11-16)12-21-16/h2-4,9,14,17H,5-8,10-12H2,1H3. The zero-order chi connectivity index (χ0) is 15.6. The van der Waals surface area contributed by atoms with Crippen molar-refractivity contribution in [2.45, 2.75) is 31.3 Å². The number of aryl methyl sites for hydroxylation is 1. The molecule has 3 fully saturated rings. The highest BCUT2D eigenvalue weighted by Crippen LogP contribution is 2.50. The van der Waals surface area contributed by atoms with E-state index in [1.807, 2.05) is 24.3 Å². The van der Waals surface area contributed by atoms with Crippen LogP contribution in [-0.4, -0.2) is 40.0 Å². The predicted molar refractivity (Wildman–Crippen MR) is 84.5 cm³/mol. The number of nitrogens with one attached hydrogen (secondary N) is 1. The van der Waals surface area contributed by atoms with Gasteiger partial charge in [0.15, 0.2) is 0 Å². The van der Waals surface area contributed by atoms with Crippen molar-refractivity contribution in [2.24, 2.45) is 5.92 Å². The minimum Gasteiger partial charge on any atom is -0.497 e. The number of hydrogen-bond acceptors (Lipinski definition) is 4. The predicted octanol–water partition coefficient (Wildman–Crippen LogP) is 1.73. The number of rotatable bonds is 8. The first kappa shape index (κ1) is 15.8. The van der Waals surface area contributed by atoms with Gasteiger partial charge >= 0.3 is 0 Å². The Morgan fingerprint density at radius 2 is 2.23 bits per heavy atom. The summed E-state index contributed by atoms with van der Waals surface area (Å²) in [4.78, 5) is 0. The molecule has 1 N–H and O–H groups in total. The van der Waals surface area contributed by atoms with Crippen molar-refractivity contribution in [1.82, 2.24) is 4.72 Å². The molecule has 1 saturated carbocycles. The average molecular weight is 325 g/mol. The minimum absolute atomic E-state index is 0.0278. The third kappa shape index (κ3) is 3.62. The van der Waals surface area contributed by atoms with Gasteiger partial charge in [-0.2, -0.15) is 0 Å². The van der Waals surface area contributed by atoms with Crippen molar-refractivity contribution < 1.29 is 17.9 Å². The van der Waals surface area contributed by atoms with Gasteiger partial charge in [0.1, 0.15) is 5.75 Å². The monoisotopic (exact) mass is 325 g/mol. The van der Waals surface area contributed by atoms with Crippen LogP contribution in [0.2, 0.25) is 0 Å². The van der Waals surface area contributed by atoms with E-state index >= 15 is 0 Å². The molecule has 0 radical (unpaired) electrons. The number of hydrogen-bond donors (Lipinski definition) is 1. The van der Waals surface area contributed by atoms with E-state index in [1.165, 1.54) is 0 Å². The lowest BCUT2D eigenvalue weighted by atomic mass is 9.73. The number of ether oxygens (including phenoxy) is 2. The zero-order valence-electron chi connectivity index (χ0n) is 12.9. The van der Waals surface area contributed by atoms with E-state index < -0.39 is 10.0 Å². The lowest BCUT2D eigenvalue weighted by Gasteiger charge is -2.35. The molecule has 6 heteroatoms. The molecule has 0 amide bonds. The van der Waals surface area contributed by atoms with Crippen molar-refractivity contribution in [3.05, 3.63) is 29.8 Å². The number of fused-ring (bicyclic) bond motifs is 1. The summed E-state index contributed by atoms with van der Waals surface area (Å²) < 4.78 is 37.7. The van der Waals surface area contributed by atoms with Crippen LogP contribution in [0.15, 0.2) is 24.3 Å². The lowest BCUT2D eigenvalue weighted by molar-refractivity contribution is -0.00426. The third-order valence-corrected chi connectivity index (χ3v) is 6.03. The molecule has 2 heterocycles. The molecular formula is C16H23NO4S. The highest BCUT2D eigenvalue weighted by atomic mass is 32.2. The van der Waals surface area contributed by atoms with Gasteiger partial charge in [-0.3, -0.25) is 0 Å². The Hall–Kier alpha value is -1.11. The van der Waals surface area contributed by atoms with Gasteiger partial charge in [0.2, 0.25) is 10.0 Å². The molecule has 1 aliphatic carbocycles. The van der Waals surface area contributed by atoms with Gasteiger partial charge in [-0.05, 0) is 49.3 Å². The summed E-state index contributed by atoms with van der Waals surface area (Å²) in [6.45, 7) is 1.32. The summed E-state index contributed by atoms with van der Waals surface area (Å²) >= 11 is 0. The molecule has 122 valence electrons. The van der Waals surface area contributed by atoms with Crippen LogP contribution >= 0.6 is 0 Å². The first-order valence-electron chi connectivity index (χ1n) is 7.75. The first-order valence-corrected chi connectivity index (χ1v) is 9.40. The smallest absolute Gasteiger partial charge is 0.211 e. The maximum absolute atomic E-state index is 12.1. The minimum atomic E-state index is -3.25. The molecule has 0 atom stereocenters. The van der Waals surface area contributed by atoms with Crippen molar-refractivity contribution >= 4 is 10.0 Å². The SMILES string of the molecule is COc1cccc(CCS(=O)(=O)NCCC23CC(CO2)C3)c1. The Kier molecular flexibility index (Phi) is 4.43. The maximum atomic E-state index is 12.1. The van der Waals surface area contributed by atoms with E-state index in [-0.39, 0.29) is 11.4 Å². The van der Waals surface area contributed by atoms with E-state index in [0.29, 0.717) is 18.9 Å². The van der Waals surface area contributed by atoms with Crippen LogP contribution in [0.25, 0.3) is 0 Å². The van der Waals surface area contributed by atoms with Gasteiger partial charge in [0.05, 0.1) is 25.1 Å². The van der Waals surface area contributed by atoms with Crippen LogP contribution in [0.3, 0.4) is 0 Å². The second-order valence-corrected chi connectivity index (χ2v) is 8.26.